The lowest BCUT2D eigenvalue weighted by Gasteiger charge is -2.16. The first kappa shape index (κ1) is 22.0. The first-order valence-corrected chi connectivity index (χ1v) is 7.24. The lowest BCUT2D eigenvalue weighted by Crippen LogP contribution is -2.19. The molecule has 5 nitrogen and oxygen atoms in total. The molecule has 0 unspecified atom stereocenters. The van der Waals surface area contributed by atoms with Gasteiger partial charge in [-0.1, -0.05) is 0 Å². The van der Waals surface area contributed by atoms with Gasteiger partial charge in [0.2, 0.25) is 0 Å². The third-order valence-corrected chi connectivity index (χ3v) is 3.25. The molecule has 2 aromatic carbocycles. The maximum Gasteiger partial charge on any atom is 0.573 e. The molecule has 2 rings (SSSR count). The number of benzene rings is 2. The molecule has 0 atom stereocenters. The van der Waals surface area contributed by atoms with Crippen molar-refractivity contribution in [2.45, 2.75) is 19.6 Å². The molecular formula is C16H8F8O5. The zero-order chi connectivity index (χ0) is 22.1. The Labute approximate surface area is 156 Å². The van der Waals surface area contributed by atoms with Gasteiger partial charge in [0.05, 0.1) is 0 Å². The number of carboxylic acid groups (broad SMARTS) is 1. The summed E-state index contributed by atoms with van der Waals surface area (Å²) >= 11 is 0. The summed E-state index contributed by atoms with van der Waals surface area (Å²) in [7, 11) is 0. The molecule has 13 heteroatoms. The Morgan fingerprint density at radius 1 is 0.793 bits per heavy atom. The van der Waals surface area contributed by atoms with Gasteiger partial charge in [-0.3, -0.25) is 0 Å². The third-order valence-electron chi connectivity index (χ3n) is 3.25. The maximum absolute atomic E-state index is 14.1. The van der Waals surface area contributed by atoms with Gasteiger partial charge in [0.15, 0.2) is 23.1 Å². The largest absolute Gasteiger partial charge is 0.573 e. The molecule has 0 spiro atoms. The minimum atomic E-state index is -5.31. The minimum Gasteiger partial charge on any atom is -0.477 e. The maximum atomic E-state index is 14.1. The smallest absolute Gasteiger partial charge is 0.477 e. The van der Waals surface area contributed by atoms with E-state index in [0.717, 1.165) is 13.0 Å². The van der Waals surface area contributed by atoms with Gasteiger partial charge in [0.1, 0.15) is 17.1 Å². The Hall–Kier alpha value is -3.25. The van der Waals surface area contributed by atoms with Gasteiger partial charge in [-0.2, -0.15) is 0 Å². The van der Waals surface area contributed by atoms with Crippen LogP contribution in [0.4, 0.5) is 35.1 Å². The van der Waals surface area contributed by atoms with E-state index in [1.807, 2.05) is 0 Å². The second-order valence-corrected chi connectivity index (χ2v) is 5.25. The Morgan fingerprint density at radius 3 is 1.66 bits per heavy atom. The number of alkyl halides is 6. The predicted octanol–water partition coefficient (Wildman–Crippen LogP) is 5.56. The standard InChI is InChI=1S/C16H8F8O5/c1-6-7(2-4-9(12(6)17)28-15(19,20)21)27-8-3-5-10(29-16(22,23)24)13(18)11(8)14(25)26/h2-5H,1H3,(H,25,26). The normalized spacial score (nSPS) is 11.9. The van der Waals surface area contributed by atoms with Gasteiger partial charge in [-0.25, -0.2) is 13.6 Å². The molecule has 0 saturated heterocycles. The molecule has 0 aliphatic heterocycles. The second-order valence-electron chi connectivity index (χ2n) is 5.25. The fourth-order valence-electron chi connectivity index (χ4n) is 2.10. The summed E-state index contributed by atoms with van der Waals surface area (Å²) in [6.07, 6.45) is -10.5. The second kappa shape index (κ2) is 7.64. The summed E-state index contributed by atoms with van der Waals surface area (Å²) in [5.74, 6) is -9.53. The number of carboxylic acids is 1. The summed E-state index contributed by atoms with van der Waals surface area (Å²) < 4.78 is 113. The average molecular weight is 432 g/mol. The highest BCUT2D eigenvalue weighted by atomic mass is 19.4. The molecule has 0 saturated carbocycles. The van der Waals surface area contributed by atoms with Crippen molar-refractivity contribution >= 4 is 5.97 Å². The molecule has 0 fully saturated rings. The Kier molecular flexibility index (Phi) is 5.81. The molecule has 158 valence electrons. The summed E-state index contributed by atoms with van der Waals surface area (Å²) in [6.45, 7) is 0.950. The van der Waals surface area contributed by atoms with E-state index in [9.17, 15) is 39.9 Å². The number of aromatic carboxylic acids is 1. The lowest BCUT2D eigenvalue weighted by atomic mass is 10.1. The van der Waals surface area contributed by atoms with Crippen molar-refractivity contribution in [2.24, 2.45) is 0 Å². The fraction of sp³-hybridized carbons (Fsp3) is 0.188. The van der Waals surface area contributed by atoms with Crippen LogP contribution in [0.5, 0.6) is 23.0 Å². The van der Waals surface area contributed by atoms with Crippen molar-refractivity contribution in [1.29, 1.82) is 0 Å². The number of ether oxygens (including phenoxy) is 3. The molecule has 0 heterocycles. The number of hydrogen-bond acceptors (Lipinski definition) is 4. The van der Waals surface area contributed by atoms with Crippen molar-refractivity contribution in [1.82, 2.24) is 0 Å². The highest BCUT2D eigenvalue weighted by molar-refractivity contribution is 5.92. The van der Waals surface area contributed by atoms with Gasteiger partial charge in [0, 0.05) is 5.56 Å². The van der Waals surface area contributed by atoms with Crippen molar-refractivity contribution < 1.29 is 59.2 Å². The van der Waals surface area contributed by atoms with E-state index >= 15 is 0 Å². The molecule has 0 amide bonds. The fourth-order valence-corrected chi connectivity index (χ4v) is 2.10. The van der Waals surface area contributed by atoms with Gasteiger partial charge in [-0.15, -0.1) is 26.3 Å². The van der Waals surface area contributed by atoms with Crippen LogP contribution >= 0.6 is 0 Å². The summed E-state index contributed by atoms with van der Waals surface area (Å²) in [4.78, 5) is 11.2. The van der Waals surface area contributed by atoms with Crippen LogP contribution in [0.15, 0.2) is 24.3 Å². The first-order chi connectivity index (χ1) is 13.2. The number of carbonyl (C=O) groups is 1. The van der Waals surface area contributed by atoms with Gasteiger partial charge in [0.25, 0.3) is 0 Å². The summed E-state index contributed by atoms with van der Waals surface area (Å²) in [5.41, 5.74) is -1.94. The molecule has 0 aliphatic carbocycles. The van der Waals surface area contributed by atoms with E-state index in [1.54, 1.807) is 0 Å². The van der Waals surface area contributed by atoms with Crippen molar-refractivity contribution in [3.05, 3.63) is 47.0 Å². The van der Waals surface area contributed by atoms with Gasteiger partial charge >= 0.3 is 18.7 Å². The van der Waals surface area contributed by atoms with Crippen LogP contribution in [0.3, 0.4) is 0 Å². The van der Waals surface area contributed by atoms with E-state index in [-0.39, 0.29) is 0 Å². The van der Waals surface area contributed by atoms with Gasteiger partial charge < -0.3 is 19.3 Å². The zero-order valence-electron chi connectivity index (χ0n) is 13.9. The zero-order valence-corrected chi connectivity index (χ0v) is 13.9. The van der Waals surface area contributed by atoms with E-state index < -0.39 is 64.5 Å². The van der Waals surface area contributed by atoms with Crippen LogP contribution in [0, 0.1) is 18.6 Å². The van der Waals surface area contributed by atoms with E-state index in [0.29, 0.717) is 18.2 Å². The van der Waals surface area contributed by atoms with Gasteiger partial charge in [-0.05, 0) is 31.2 Å². The van der Waals surface area contributed by atoms with Crippen molar-refractivity contribution in [3.8, 4) is 23.0 Å². The summed E-state index contributed by atoms with van der Waals surface area (Å²) in [6, 6.07) is 2.30. The molecule has 0 aliphatic rings. The Bertz CT molecular complexity index is 936. The highest BCUT2D eigenvalue weighted by Crippen LogP contribution is 2.38. The van der Waals surface area contributed by atoms with Crippen molar-refractivity contribution in [3.63, 3.8) is 0 Å². The SMILES string of the molecule is Cc1c(Oc2ccc(OC(F)(F)F)c(F)c2C(=O)O)ccc(OC(F)(F)F)c1F. The molecule has 0 aromatic heterocycles. The minimum absolute atomic E-state index is 0.414. The van der Waals surface area contributed by atoms with Crippen LogP contribution in [0.1, 0.15) is 15.9 Å². The highest BCUT2D eigenvalue weighted by Gasteiger charge is 2.35. The quantitative estimate of drug-likeness (QED) is 0.627. The monoisotopic (exact) mass is 432 g/mol. The van der Waals surface area contributed by atoms with Crippen LogP contribution in [0.2, 0.25) is 0 Å². The first-order valence-electron chi connectivity index (χ1n) is 7.24. The topological polar surface area (TPSA) is 65.0 Å². The van der Waals surface area contributed by atoms with Crippen LogP contribution in [-0.4, -0.2) is 23.8 Å². The summed E-state index contributed by atoms with van der Waals surface area (Å²) in [5, 5.41) is 9.07. The third kappa shape index (κ3) is 5.39. The van der Waals surface area contributed by atoms with E-state index in [2.05, 4.69) is 9.47 Å². The predicted molar refractivity (Wildman–Crippen MR) is 77.9 cm³/mol. The van der Waals surface area contributed by atoms with E-state index in [1.165, 1.54) is 0 Å². The number of rotatable bonds is 5. The van der Waals surface area contributed by atoms with Crippen LogP contribution in [-0.2, 0) is 0 Å². The molecule has 29 heavy (non-hydrogen) atoms. The molecular weight excluding hydrogens is 424 g/mol. The Balaban J connectivity index is 2.45. The molecule has 1 N–H and O–H groups in total. The number of hydrogen-bond donors (Lipinski definition) is 1. The van der Waals surface area contributed by atoms with Crippen molar-refractivity contribution in [2.75, 3.05) is 0 Å². The van der Waals surface area contributed by atoms with Crippen LogP contribution in [0.25, 0.3) is 0 Å². The average Bonchev–Trinajstić information content (AvgIpc) is 2.54. The molecule has 0 radical (unpaired) electrons. The lowest BCUT2D eigenvalue weighted by molar-refractivity contribution is -0.276. The van der Waals surface area contributed by atoms with E-state index in [4.69, 9.17) is 9.84 Å². The molecule has 2 aromatic rings. The molecule has 0 bridgehead atoms. The number of halogens is 8. The Morgan fingerprint density at radius 2 is 1.21 bits per heavy atom. The van der Waals surface area contributed by atoms with Crippen LogP contribution < -0.4 is 14.2 Å².